The smallest absolute Gasteiger partial charge is 0.225 e. The molecule has 1 atom stereocenters. The van der Waals surface area contributed by atoms with Crippen molar-refractivity contribution < 1.29 is 4.79 Å². The highest BCUT2D eigenvalue weighted by atomic mass is 16.2. The first-order valence-corrected chi connectivity index (χ1v) is 11.9. The first kappa shape index (κ1) is 22.1. The second-order valence-electron chi connectivity index (χ2n) is 9.31. The molecule has 1 aliphatic carbocycles. The van der Waals surface area contributed by atoms with E-state index < -0.39 is 0 Å². The van der Waals surface area contributed by atoms with Gasteiger partial charge in [-0.3, -0.25) is 4.79 Å². The van der Waals surface area contributed by atoms with Gasteiger partial charge in [0.15, 0.2) is 5.82 Å². The van der Waals surface area contributed by atoms with Gasteiger partial charge in [0.1, 0.15) is 5.82 Å². The number of piperazine rings is 1. The molecule has 0 radical (unpaired) electrons. The van der Waals surface area contributed by atoms with Crippen molar-refractivity contribution in [2.24, 2.45) is 5.92 Å². The van der Waals surface area contributed by atoms with Crippen LogP contribution < -0.4 is 10.2 Å². The molecule has 1 amide bonds. The Bertz CT molecular complexity index is 1290. The molecule has 5 rings (SSSR count). The minimum absolute atomic E-state index is 0.0536. The van der Waals surface area contributed by atoms with Crippen molar-refractivity contribution >= 4 is 28.3 Å². The number of amides is 1. The fourth-order valence-electron chi connectivity index (χ4n) is 4.71. The van der Waals surface area contributed by atoms with Gasteiger partial charge in [0.2, 0.25) is 5.91 Å². The molecule has 1 N–H and O–H groups in total. The standard InChI is InChI=1S/C26H29N7O/c1-16-20(14-27)5-4-6-21(16)17(2)29-25-22-13-24(28-15-23(22)18(3)30-31-25)32-9-11-33(12-10-32)26(34)19-7-8-19/h4-6,13,15,17,19H,7-12H2,1-3H3,(H,29,31)/t17-/m1/s1. The van der Waals surface area contributed by atoms with E-state index in [9.17, 15) is 10.1 Å². The molecule has 0 unspecified atom stereocenters. The molecule has 1 aliphatic heterocycles. The molecule has 1 saturated carbocycles. The first-order valence-electron chi connectivity index (χ1n) is 11.9. The van der Waals surface area contributed by atoms with E-state index in [-0.39, 0.29) is 12.0 Å². The number of benzene rings is 1. The van der Waals surface area contributed by atoms with Crippen molar-refractivity contribution in [2.75, 3.05) is 36.4 Å². The number of anilines is 2. The number of hydrogen-bond donors (Lipinski definition) is 1. The third-order valence-corrected chi connectivity index (χ3v) is 6.99. The Morgan fingerprint density at radius 1 is 1.15 bits per heavy atom. The average molecular weight is 456 g/mol. The highest BCUT2D eigenvalue weighted by Crippen LogP contribution is 2.32. The van der Waals surface area contributed by atoms with Crippen LogP contribution in [0.3, 0.4) is 0 Å². The molecule has 34 heavy (non-hydrogen) atoms. The van der Waals surface area contributed by atoms with E-state index in [1.165, 1.54) is 0 Å². The summed E-state index contributed by atoms with van der Waals surface area (Å²) in [7, 11) is 0. The largest absolute Gasteiger partial charge is 0.362 e. The number of aryl methyl sites for hydroxylation is 1. The normalized spacial score (nSPS) is 16.9. The monoisotopic (exact) mass is 455 g/mol. The summed E-state index contributed by atoms with van der Waals surface area (Å²) in [5, 5.41) is 23.6. The van der Waals surface area contributed by atoms with Crippen molar-refractivity contribution in [3.63, 3.8) is 0 Å². The maximum Gasteiger partial charge on any atom is 0.225 e. The number of pyridine rings is 1. The molecule has 0 bridgehead atoms. The first-order chi connectivity index (χ1) is 16.5. The number of fused-ring (bicyclic) bond motifs is 1. The maximum atomic E-state index is 12.4. The van der Waals surface area contributed by atoms with E-state index >= 15 is 0 Å². The summed E-state index contributed by atoms with van der Waals surface area (Å²) >= 11 is 0. The Morgan fingerprint density at radius 3 is 2.62 bits per heavy atom. The van der Waals surface area contributed by atoms with Crippen LogP contribution in [0.1, 0.15) is 48.2 Å². The molecule has 1 saturated heterocycles. The zero-order valence-corrected chi connectivity index (χ0v) is 19.9. The number of carbonyl (C=O) groups excluding carboxylic acids is 1. The highest BCUT2D eigenvalue weighted by molar-refractivity contribution is 5.94. The number of carbonyl (C=O) groups is 1. The molecule has 8 heteroatoms. The molecular formula is C26H29N7O. The Labute approximate surface area is 199 Å². The summed E-state index contributed by atoms with van der Waals surface area (Å²) < 4.78 is 0. The second-order valence-corrected chi connectivity index (χ2v) is 9.31. The zero-order valence-electron chi connectivity index (χ0n) is 19.9. The topological polar surface area (TPSA) is 98.0 Å². The Kier molecular flexibility index (Phi) is 5.78. The van der Waals surface area contributed by atoms with Crippen molar-refractivity contribution in [1.82, 2.24) is 20.1 Å². The summed E-state index contributed by atoms with van der Waals surface area (Å²) in [6.07, 6.45) is 3.95. The van der Waals surface area contributed by atoms with Crippen molar-refractivity contribution in [2.45, 2.75) is 39.7 Å². The Hall–Kier alpha value is -3.73. The molecule has 0 spiro atoms. The fourth-order valence-corrected chi connectivity index (χ4v) is 4.71. The van der Waals surface area contributed by atoms with E-state index in [0.717, 1.165) is 72.4 Å². The Balaban J connectivity index is 1.40. The second kappa shape index (κ2) is 8.90. The van der Waals surface area contributed by atoms with Crippen LogP contribution in [0, 0.1) is 31.1 Å². The highest BCUT2D eigenvalue weighted by Gasteiger charge is 2.34. The number of rotatable bonds is 5. The van der Waals surface area contributed by atoms with Gasteiger partial charge in [0.05, 0.1) is 23.4 Å². The summed E-state index contributed by atoms with van der Waals surface area (Å²) in [5.41, 5.74) is 3.53. The van der Waals surface area contributed by atoms with Gasteiger partial charge in [-0.1, -0.05) is 12.1 Å². The number of hydrogen-bond acceptors (Lipinski definition) is 7. The molecular weight excluding hydrogens is 426 g/mol. The van der Waals surface area contributed by atoms with Gasteiger partial charge in [0, 0.05) is 49.1 Å². The molecule has 3 aromatic rings. The van der Waals surface area contributed by atoms with Gasteiger partial charge in [-0.15, -0.1) is 5.10 Å². The lowest BCUT2D eigenvalue weighted by atomic mass is 9.98. The minimum atomic E-state index is -0.0536. The minimum Gasteiger partial charge on any atom is -0.362 e. The number of nitrogens with one attached hydrogen (secondary N) is 1. The SMILES string of the molecule is Cc1c(C#N)cccc1[C@@H](C)Nc1nnc(C)c2cnc(N3CCN(C(=O)C4CC4)CC3)cc12. The fraction of sp³-hybridized carbons (Fsp3) is 0.423. The molecule has 3 heterocycles. The maximum absolute atomic E-state index is 12.4. The lowest BCUT2D eigenvalue weighted by molar-refractivity contribution is -0.132. The third-order valence-electron chi connectivity index (χ3n) is 6.99. The molecule has 2 aliphatic rings. The number of nitriles is 1. The van der Waals surface area contributed by atoms with Gasteiger partial charge >= 0.3 is 0 Å². The number of aromatic nitrogens is 3. The van der Waals surface area contributed by atoms with Crippen LogP contribution in [0.15, 0.2) is 30.5 Å². The lowest BCUT2D eigenvalue weighted by Gasteiger charge is -2.35. The predicted octanol–water partition coefficient (Wildman–Crippen LogP) is 3.75. The summed E-state index contributed by atoms with van der Waals surface area (Å²) in [6, 6.07) is 10.1. The van der Waals surface area contributed by atoms with Crippen LogP contribution in [0.2, 0.25) is 0 Å². The van der Waals surface area contributed by atoms with Gasteiger partial charge in [0.25, 0.3) is 0 Å². The quantitative estimate of drug-likeness (QED) is 0.626. The van der Waals surface area contributed by atoms with Gasteiger partial charge in [-0.05, 0) is 56.9 Å². The van der Waals surface area contributed by atoms with Crippen LogP contribution in [-0.4, -0.2) is 52.2 Å². The van der Waals surface area contributed by atoms with E-state index in [1.807, 2.05) is 43.1 Å². The summed E-state index contributed by atoms with van der Waals surface area (Å²) in [4.78, 5) is 21.3. The van der Waals surface area contributed by atoms with Crippen LogP contribution >= 0.6 is 0 Å². The van der Waals surface area contributed by atoms with E-state index in [2.05, 4.69) is 39.5 Å². The van der Waals surface area contributed by atoms with Crippen LogP contribution in [-0.2, 0) is 4.79 Å². The summed E-state index contributed by atoms with van der Waals surface area (Å²) in [6.45, 7) is 8.99. The van der Waals surface area contributed by atoms with Gasteiger partial charge < -0.3 is 15.1 Å². The Morgan fingerprint density at radius 2 is 1.91 bits per heavy atom. The average Bonchev–Trinajstić information content (AvgIpc) is 3.71. The van der Waals surface area contributed by atoms with Crippen LogP contribution in [0.4, 0.5) is 11.6 Å². The third kappa shape index (κ3) is 4.14. The van der Waals surface area contributed by atoms with Crippen molar-refractivity contribution in [1.29, 1.82) is 5.26 Å². The van der Waals surface area contributed by atoms with Gasteiger partial charge in [-0.2, -0.15) is 10.4 Å². The number of nitrogens with zero attached hydrogens (tertiary/aromatic N) is 6. The van der Waals surface area contributed by atoms with Crippen molar-refractivity contribution in [3.05, 3.63) is 52.8 Å². The zero-order chi connectivity index (χ0) is 23.8. The van der Waals surface area contributed by atoms with Gasteiger partial charge in [-0.25, -0.2) is 4.98 Å². The van der Waals surface area contributed by atoms with Crippen LogP contribution in [0.25, 0.3) is 10.8 Å². The van der Waals surface area contributed by atoms with E-state index in [4.69, 9.17) is 4.98 Å². The van der Waals surface area contributed by atoms with Crippen LogP contribution in [0.5, 0.6) is 0 Å². The summed E-state index contributed by atoms with van der Waals surface area (Å²) in [5.74, 6) is 2.16. The van der Waals surface area contributed by atoms with E-state index in [0.29, 0.717) is 17.3 Å². The van der Waals surface area contributed by atoms with Crippen molar-refractivity contribution in [3.8, 4) is 6.07 Å². The lowest BCUT2D eigenvalue weighted by Crippen LogP contribution is -2.49. The molecule has 1 aromatic carbocycles. The molecule has 2 fully saturated rings. The predicted molar refractivity (Wildman–Crippen MR) is 132 cm³/mol. The molecule has 2 aromatic heterocycles. The van der Waals surface area contributed by atoms with E-state index in [1.54, 1.807) is 0 Å². The molecule has 8 nitrogen and oxygen atoms in total. The molecule has 174 valence electrons.